The second kappa shape index (κ2) is 7.22. The Bertz CT molecular complexity index is 551. The summed E-state index contributed by atoms with van der Waals surface area (Å²) in [5.41, 5.74) is 1.13. The number of methoxy groups -OCH3 is 1. The standard InChI is InChI=1S/C16H23N3O2/c1-5-17-12(3)11(2)16-18-15(19-21-16)10-13-6-8-14(20-4)9-7-13/h6-9,11-12,17H,5,10H2,1-4H3. The highest BCUT2D eigenvalue weighted by Gasteiger charge is 2.20. The van der Waals surface area contributed by atoms with Gasteiger partial charge in [-0.2, -0.15) is 4.98 Å². The van der Waals surface area contributed by atoms with Gasteiger partial charge in [-0.25, -0.2) is 0 Å². The van der Waals surface area contributed by atoms with Crippen LogP contribution in [0.15, 0.2) is 28.8 Å². The Kier molecular flexibility index (Phi) is 5.33. The summed E-state index contributed by atoms with van der Waals surface area (Å²) in [6, 6.07) is 8.21. The summed E-state index contributed by atoms with van der Waals surface area (Å²) < 4.78 is 10.5. The number of ether oxygens (including phenoxy) is 1. The van der Waals surface area contributed by atoms with Crippen LogP contribution in [0.2, 0.25) is 0 Å². The largest absolute Gasteiger partial charge is 0.497 e. The predicted octanol–water partition coefficient (Wildman–Crippen LogP) is 2.77. The molecule has 0 saturated heterocycles. The first-order chi connectivity index (χ1) is 10.1. The van der Waals surface area contributed by atoms with Crippen molar-refractivity contribution in [1.29, 1.82) is 0 Å². The predicted molar refractivity (Wildman–Crippen MR) is 81.7 cm³/mol. The zero-order valence-electron chi connectivity index (χ0n) is 13.1. The molecule has 2 atom stereocenters. The molecule has 0 aliphatic heterocycles. The molecule has 114 valence electrons. The first-order valence-corrected chi connectivity index (χ1v) is 7.32. The molecule has 1 heterocycles. The molecule has 1 N–H and O–H groups in total. The zero-order valence-corrected chi connectivity index (χ0v) is 13.1. The van der Waals surface area contributed by atoms with Crippen molar-refractivity contribution in [3.05, 3.63) is 41.5 Å². The summed E-state index contributed by atoms with van der Waals surface area (Å²) in [5, 5.41) is 7.45. The highest BCUT2D eigenvalue weighted by molar-refractivity contribution is 5.28. The van der Waals surface area contributed by atoms with Gasteiger partial charge in [0.05, 0.1) is 13.0 Å². The summed E-state index contributed by atoms with van der Waals surface area (Å²) in [5.74, 6) is 2.44. The summed E-state index contributed by atoms with van der Waals surface area (Å²) in [7, 11) is 1.66. The molecule has 0 amide bonds. The van der Waals surface area contributed by atoms with E-state index < -0.39 is 0 Å². The van der Waals surface area contributed by atoms with Crippen molar-refractivity contribution in [3.63, 3.8) is 0 Å². The van der Waals surface area contributed by atoms with Crippen molar-refractivity contribution >= 4 is 0 Å². The van der Waals surface area contributed by atoms with Gasteiger partial charge in [0.15, 0.2) is 5.82 Å². The van der Waals surface area contributed by atoms with E-state index in [9.17, 15) is 0 Å². The lowest BCUT2D eigenvalue weighted by Gasteiger charge is -2.16. The van der Waals surface area contributed by atoms with Crippen LogP contribution in [0, 0.1) is 0 Å². The normalized spacial score (nSPS) is 13.9. The molecule has 0 aliphatic carbocycles. The van der Waals surface area contributed by atoms with Crippen LogP contribution in [0.1, 0.15) is 44.0 Å². The average molecular weight is 289 g/mol. The van der Waals surface area contributed by atoms with Gasteiger partial charge in [-0.05, 0) is 31.2 Å². The van der Waals surface area contributed by atoms with E-state index in [-0.39, 0.29) is 5.92 Å². The molecule has 2 rings (SSSR count). The lowest BCUT2D eigenvalue weighted by molar-refractivity contribution is 0.330. The minimum atomic E-state index is 0.196. The quantitative estimate of drug-likeness (QED) is 0.849. The van der Waals surface area contributed by atoms with Gasteiger partial charge in [0.25, 0.3) is 0 Å². The fourth-order valence-electron chi connectivity index (χ4n) is 2.16. The number of nitrogens with zero attached hydrogens (tertiary/aromatic N) is 2. The van der Waals surface area contributed by atoms with Crippen molar-refractivity contribution in [2.24, 2.45) is 0 Å². The number of hydrogen-bond donors (Lipinski definition) is 1. The number of likely N-dealkylation sites (N-methyl/N-ethyl adjacent to an activating group) is 1. The molecule has 21 heavy (non-hydrogen) atoms. The first-order valence-electron chi connectivity index (χ1n) is 7.32. The molecule has 1 aromatic heterocycles. The topological polar surface area (TPSA) is 60.2 Å². The minimum Gasteiger partial charge on any atom is -0.497 e. The molecule has 0 bridgehead atoms. The maximum absolute atomic E-state index is 5.39. The smallest absolute Gasteiger partial charge is 0.231 e. The number of rotatable bonds is 7. The van der Waals surface area contributed by atoms with E-state index in [1.165, 1.54) is 0 Å². The van der Waals surface area contributed by atoms with Crippen LogP contribution in [0.4, 0.5) is 0 Å². The fraction of sp³-hybridized carbons (Fsp3) is 0.500. The van der Waals surface area contributed by atoms with Crippen LogP contribution in [0.5, 0.6) is 5.75 Å². The van der Waals surface area contributed by atoms with E-state index >= 15 is 0 Å². The van der Waals surface area contributed by atoms with E-state index in [4.69, 9.17) is 9.26 Å². The lowest BCUT2D eigenvalue weighted by Crippen LogP contribution is -2.30. The SMILES string of the molecule is CCNC(C)C(C)c1nc(Cc2ccc(OC)cc2)no1. The van der Waals surface area contributed by atoms with Crippen LogP contribution in [-0.2, 0) is 6.42 Å². The van der Waals surface area contributed by atoms with Gasteiger partial charge < -0.3 is 14.6 Å². The van der Waals surface area contributed by atoms with Gasteiger partial charge in [0, 0.05) is 12.5 Å². The first kappa shape index (κ1) is 15.5. The van der Waals surface area contributed by atoms with Crippen molar-refractivity contribution < 1.29 is 9.26 Å². The van der Waals surface area contributed by atoms with Gasteiger partial charge in [-0.15, -0.1) is 0 Å². The number of benzene rings is 1. The summed E-state index contributed by atoms with van der Waals surface area (Å²) in [6.45, 7) is 7.24. The fourth-order valence-corrected chi connectivity index (χ4v) is 2.16. The number of nitrogens with one attached hydrogen (secondary N) is 1. The van der Waals surface area contributed by atoms with E-state index in [0.717, 1.165) is 17.9 Å². The van der Waals surface area contributed by atoms with Crippen molar-refractivity contribution in [2.45, 2.75) is 39.2 Å². The number of hydrogen-bond acceptors (Lipinski definition) is 5. The van der Waals surface area contributed by atoms with Crippen LogP contribution >= 0.6 is 0 Å². The molecule has 0 radical (unpaired) electrons. The maximum atomic E-state index is 5.39. The van der Waals surface area contributed by atoms with Crippen LogP contribution in [0.25, 0.3) is 0 Å². The second-order valence-electron chi connectivity index (χ2n) is 5.21. The highest BCUT2D eigenvalue weighted by atomic mass is 16.5. The Hall–Kier alpha value is -1.88. The van der Waals surface area contributed by atoms with E-state index in [1.807, 2.05) is 24.3 Å². The van der Waals surface area contributed by atoms with Crippen LogP contribution in [0.3, 0.4) is 0 Å². The Labute approximate surface area is 125 Å². The molecule has 2 aromatic rings. The molecule has 2 unspecified atom stereocenters. The Morgan fingerprint density at radius 3 is 2.57 bits per heavy atom. The van der Waals surface area contributed by atoms with Crippen molar-refractivity contribution in [3.8, 4) is 5.75 Å². The van der Waals surface area contributed by atoms with Crippen LogP contribution in [-0.4, -0.2) is 29.8 Å². The molecule has 5 heteroatoms. The van der Waals surface area contributed by atoms with Gasteiger partial charge in [-0.1, -0.05) is 31.1 Å². The highest BCUT2D eigenvalue weighted by Crippen LogP contribution is 2.19. The van der Waals surface area contributed by atoms with Gasteiger partial charge in [0.2, 0.25) is 5.89 Å². The Balaban J connectivity index is 2.02. The average Bonchev–Trinajstić information content (AvgIpc) is 2.96. The van der Waals surface area contributed by atoms with Gasteiger partial charge in [0.1, 0.15) is 5.75 Å². The molecular weight excluding hydrogens is 266 g/mol. The molecule has 0 fully saturated rings. The minimum absolute atomic E-state index is 0.196. The third kappa shape index (κ3) is 4.04. The van der Waals surface area contributed by atoms with Crippen molar-refractivity contribution in [2.75, 3.05) is 13.7 Å². The van der Waals surface area contributed by atoms with Gasteiger partial charge in [-0.3, -0.25) is 0 Å². The Morgan fingerprint density at radius 1 is 1.24 bits per heavy atom. The van der Waals surface area contributed by atoms with Crippen LogP contribution < -0.4 is 10.1 Å². The lowest BCUT2D eigenvalue weighted by atomic mass is 10.0. The van der Waals surface area contributed by atoms with E-state index in [0.29, 0.717) is 24.2 Å². The van der Waals surface area contributed by atoms with Gasteiger partial charge >= 0.3 is 0 Å². The second-order valence-corrected chi connectivity index (χ2v) is 5.21. The molecular formula is C16H23N3O2. The zero-order chi connectivity index (χ0) is 15.2. The molecule has 0 spiro atoms. The van der Waals surface area contributed by atoms with Crippen molar-refractivity contribution in [1.82, 2.24) is 15.5 Å². The summed E-state index contributed by atoms with van der Waals surface area (Å²) in [6.07, 6.45) is 0.663. The molecule has 0 saturated carbocycles. The molecule has 1 aromatic carbocycles. The maximum Gasteiger partial charge on any atom is 0.231 e. The Morgan fingerprint density at radius 2 is 1.95 bits per heavy atom. The third-order valence-corrected chi connectivity index (χ3v) is 3.67. The molecule has 0 aliphatic rings. The molecule has 5 nitrogen and oxygen atoms in total. The monoisotopic (exact) mass is 289 g/mol. The summed E-state index contributed by atoms with van der Waals surface area (Å²) in [4.78, 5) is 4.50. The number of aromatic nitrogens is 2. The third-order valence-electron chi connectivity index (χ3n) is 3.67. The summed E-state index contributed by atoms with van der Waals surface area (Å²) >= 11 is 0. The van der Waals surface area contributed by atoms with E-state index in [2.05, 4.69) is 36.2 Å². The van der Waals surface area contributed by atoms with E-state index in [1.54, 1.807) is 7.11 Å².